The number of carboxylic acid groups (broad SMARTS) is 1. The number of ether oxygens (including phenoxy) is 3. The van der Waals surface area contributed by atoms with Crippen LogP contribution in [0.15, 0.2) is 35.5 Å². The molecule has 1 N–H and O–H groups in total. The van der Waals surface area contributed by atoms with Gasteiger partial charge in [0.1, 0.15) is 12.4 Å². The molecule has 0 saturated heterocycles. The van der Waals surface area contributed by atoms with E-state index in [0.29, 0.717) is 18.5 Å². The molecule has 26 heavy (non-hydrogen) atoms. The smallest absolute Gasteiger partial charge is 0.355 e. The molecule has 0 radical (unpaired) electrons. The number of para-hydroxylation sites is 1. The van der Waals surface area contributed by atoms with E-state index in [1.165, 1.54) is 14.2 Å². The van der Waals surface area contributed by atoms with Crippen molar-refractivity contribution in [3.8, 4) is 0 Å². The molecule has 0 fully saturated rings. The molecule has 0 bridgehead atoms. The maximum absolute atomic E-state index is 12.3. The van der Waals surface area contributed by atoms with Gasteiger partial charge in [0.05, 0.1) is 26.4 Å². The van der Waals surface area contributed by atoms with E-state index >= 15 is 0 Å². The van der Waals surface area contributed by atoms with Crippen molar-refractivity contribution in [1.29, 1.82) is 0 Å². The summed E-state index contributed by atoms with van der Waals surface area (Å²) in [5.74, 6) is -2.21. The molecule has 1 aliphatic heterocycles. The quantitative estimate of drug-likeness (QED) is 0.727. The minimum absolute atomic E-state index is 0.0396. The lowest BCUT2D eigenvalue weighted by atomic mass is 10.0. The minimum atomic E-state index is -0.869. The van der Waals surface area contributed by atoms with Crippen molar-refractivity contribution >= 4 is 23.6 Å². The molecule has 0 aromatic heterocycles. The number of benzene rings is 1. The van der Waals surface area contributed by atoms with Gasteiger partial charge < -0.3 is 24.2 Å². The van der Waals surface area contributed by atoms with E-state index < -0.39 is 17.9 Å². The van der Waals surface area contributed by atoms with Crippen molar-refractivity contribution in [1.82, 2.24) is 0 Å². The second-order valence-corrected chi connectivity index (χ2v) is 5.59. The highest BCUT2D eigenvalue weighted by atomic mass is 16.5. The van der Waals surface area contributed by atoms with Gasteiger partial charge >= 0.3 is 17.9 Å². The van der Waals surface area contributed by atoms with Crippen LogP contribution in [0.2, 0.25) is 0 Å². The summed E-state index contributed by atoms with van der Waals surface area (Å²) in [4.78, 5) is 36.7. The van der Waals surface area contributed by atoms with E-state index in [1.54, 1.807) is 17.0 Å². The van der Waals surface area contributed by atoms with E-state index in [2.05, 4.69) is 0 Å². The van der Waals surface area contributed by atoms with E-state index in [9.17, 15) is 14.4 Å². The Balaban J connectivity index is 2.43. The lowest BCUT2D eigenvalue weighted by molar-refractivity contribution is -0.140. The molecule has 0 amide bonds. The summed E-state index contributed by atoms with van der Waals surface area (Å²) in [5.41, 5.74) is 1.63. The van der Waals surface area contributed by atoms with Crippen LogP contribution in [0.3, 0.4) is 0 Å². The number of carbonyl (C=O) groups is 3. The molecule has 8 nitrogen and oxygen atoms in total. The maximum Gasteiger partial charge on any atom is 0.355 e. The second-order valence-electron chi connectivity index (χ2n) is 5.59. The third kappa shape index (κ3) is 4.40. The first kappa shape index (κ1) is 19.5. The largest absolute Gasteiger partial charge is 0.481 e. The number of hydrogen-bond donors (Lipinski definition) is 1. The predicted molar refractivity (Wildman–Crippen MR) is 91.4 cm³/mol. The molecule has 2 rings (SSSR count). The van der Waals surface area contributed by atoms with Crippen LogP contribution in [0, 0.1) is 0 Å². The van der Waals surface area contributed by atoms with Crippen LogP contribution in [0.1, 0.15) is 18.4 Å². The molecule has 8 heteroatoms. The molecule has 0 aliphatic carbocycles. The SMILES string of the molecule is COC(=O)C1=C(C(=O)OC)N(c2ccccc2CCCC(=O)O)COC1. The standard InChI is InChI=1S/C18H21NO7/c1-24-17(22)13-10-26-11-19(16(13)18(23)25-2)14-8-4-3-6-12(14)7-5-9-15(20)21/h3-4,6,8H,5,7,9-11H2,1-2H3,(H,20,21). The van der Waals surface area contributed by atoms with Gasteiger partial charge in [-0.1, -0.05) is 18.2 Å². The van der Waals surface area contributed by atoms with Crippen LogP contribution in [-0.4, -0.2) is 50.6 Å². The van der Waals surface area contributed by atoms with E-state index in [4.69, 9.17) is 19.3 Å². The highest BCUT2D eigenvalue weighted by Crippen LogP contribution is 2.30. The van der Waals surface area contributed by atoms with Crippen molar-refractivity contribution in [2.24, 2.45) is 0 Å². The zero-order valence-corrected chi connectivity index (χ0v) is 14.7. The monoisotopic (exact) mass is 363 g/mol. The Morgan fingerprint density at radius 2 is 1.85 bits per heavy atom. The summed E-state index contributed by atoms with van der Waals surface area (Å²) in [7, 11) is 2.46. The van der Waals surface area contributed by atoms with E-state index in [1.807, 2.05) is 12.1 Å². The van der Waals surface area contributed by atoms with Crippen molar-refractivity contribution < 1.29 is 33.7 Å². The fourth-order valence-electron chi connectivity index (χ4n) is 2.75. The molecule has 1 aliphatic rings. The Morgan fingerprint density at radius 3 is 2.50 bits per heavy atom. The van der Waals surface area contributed by atoms with Crippen LogP contribution in [0.4, 0.5) is 5.69 Å². The average molecular weight is 363 g/mol. The third-order valence-corrected chi connectivity index (χ3v) is 3.95. The first-order valence-electron chi connectivity index (χ1n) is 8.04. The summed E-state index contributed by atoms with van der Waals surface area (Å²) in [6.07, 6.45) is 0.987. The van der Waals surface area contributed by atoms with Crippen molar-refractivity contribution in [2.75, 3.05) is 32.5 Å². The van der Waals surface area contributed by atoms with Crippen molar-refractivity contribution in [3.63, 3.8) is 0 Å². The molecule has 0 unspecified atom stereocenters. The maximum atomic E-state index is 12.3. The van der Waals surface area contributed by atoms with Gasteiger partial charge in [-0.05, 0) is 24.5 Å². The van der Waals surface area contributed by atoms with Gasteiger partial charge in [-0.3, -0.25) is 4.79 Å². The normalized spacial score (nSPS) is 14.2. The molecule has 0 atom stereocenters. The number of aliphatic carboxylic acids is 1. The molecule has 0 spiro atoms. The number of aryl methyl sites for hydroxylation is 1. The minimum Gasteiger partial charge on any atom is -0.481 e. The lowest BCUT2D eigenvalue weighted by Gasteiger charge is -2.32. The molecule has 140 valence electrons. The zero-order valence-electron chi connectivity index (χ0n) is 14.7. The fraction of sp³-hybridized carbons (Fsp3) is 0.389. The molecular weight excluding hydrogens is 342 g/mol. The van der Waals surface area contributed by atoms with Crippen molar-refractivity contribution in [3.05, 3.63) is 41.1 Å². The van der Waals surface area contributed by atoms with Crippen LogP contribution >= 0.6 is 0 Å². The zero-order chi connectivity index (χ0) is 19.1. The van der Waals surface area contributed by atoms with Gasteiger partial charge in [0.2, 0.25) is 0 Å². The highest BCUT2D eigenvalue weighted by Gasteiger charge is 2.33. The van der Waals surface area contributed by atoms with Gasteiger partial charge in [-0.25, -0.2) is 9.59 Å². The molecule has 1 aromatic rings. The Morgan fingerprint density at radius 1 is 1.15 bits per heavy atom. The number of rotatable bonds is 7. The lowest BCUT2D eigenvalue weighted by Crippen LogP contribution is -2.39. The summed E-state index contributed by atoms with van der Waals surface area (Å²) in [6, 6.07) is 7.24. The first-order chi connectivity index (χ1) is 12.5. The predicted octanol–water partition coefficient (Wildman–Crippen LogP) is 1.49. The van der Waals surface area contributed by atoms with Crippen molar-refractivity contribution in [2.45, 2.75) is 19.3 Å². The molecular formula is C18H21NO7. The topological polar surface area (TPSA) is 102 Å². The van der Waals surface area contributed by atoms with Gasteiger partial charge in [-0.15, -0.1) is 0 Å². The van der Waals surface area contributed by atoms with E-state index in [0.717, 1.165) is 5.56 Å². The Kier molecular flexibility index (Phi) is 6.74. The van der Waals surface area contributed by atoms with Gasteiger partial charge in [-0.2, -0.15) is 0 Å². The number of anilines is 1. The van der Waals surface area contributed by atoms with Crippen LogP contribution in [0.5, 0.6) is 0 Å². The second kappa shape index (κ2) is 9.00. The summed E-state index contributed by atoms with van der Waals surface area (Å²) in [6.45, 7) is -0.00431. The van der Waals surface area contributed by atoms with Gasteiger partial charge in [0, 0.05) is 12.1 Å². The Hall–Kier alpha value is -2.87. The number of hydrogen-bond acceptors (Lipinski definition) is 7. The van der Waals surface area contributed by atoms with Crippen LogP contribution < -0.4 is 4.90 Å². The number of carbonyl (C=O) groups excluding carboxylic acids is 2. The first-order valence-corrected chi connectivity index (χ1v) is 8.04. The van der Waals surface area contributed by atoms with E-state index in [-0.39, 0.29) is 31.0 Å². The summed E-state index contributed by atoms with van der Waals surface area (Å²) in [5, 5.41) is 8.83. The van der Waals surface area contributed by atoms with Gasteiger partial charge in [0.15, 0.2) is 0 Å². The average Bonchev–Trinajstić information content (AvgIpc) is 2.66. The Bertz CT molecular complexity index is 726. The fourth-order valence-corrected chi connectivity index (χ4v) is 2.75. The molecule has 0 saturated carbocycles. The highest BCUT2D eigenvalue weighted by molar-refractivity contribution is 6.03. The summed E-state index contributed by atoms with van der Waals surface area (Å²) >= 11 is 0. The number of carboxylic acids is 1. The summed E-state index contributed by atoms with van der Waals surface area (Å²) < 4.78 is 15.0. The van der Waals surface area contributed by atoms with Crippen LogP contribution in [0.25, 0.3) is 0 Å². The third-order valence-electron chi connectivity index (χ3n) is 3.95. The Labute approximate surface area is 150 Å². The number of methoxy groups -OCH3 is 2. The van der Waals surface area contributed by atoms with Gasteiger partial charge in [0.25, 0.3) is 0 Å². The van der Waals surface area contributed by atoms with Crippen LogP contribution in [-0.2, 0) is 35.0 Å². The molecule has 1 aromatic carbocycles. The number of nitrogens with zero attached hydrogens (tertiary/aromatic N) is 1. The molecule has 1 heterocycles. The number of esters is 2.